The molecule has 1 atom stereocenters. The topological polar surface area (TPSA) is 63.0 Å². The fraction of sp³-hybridized carbons (Fsp3) is 0.429. The zero-order valence-electron chi connectivity index (χ0n) is 15.7. The van der Waals surface area contributed by atoms with E-state index >= 15 is 0 Å². The maximum absolute atomic E-state index is 13.0. The Kier molecular flexibility index (Phi) is 6.65. The Balaban J connectivity index is 1.66. The lowest BCUT2D eigenvalue weighted by Crippen LogP contribution is -2.39. The van der Waals surface area contributed by atoms with E-state index in [1.54, 1.807) is 11.2 Å². The summed E-state index contributed by atoms with van der Waals surface area (Å²) in [7, 11) is 1.52. The van der Waals surface area contributed by atoms with E-state index in [0.717, 1.165) is 17.7 Å². The summed E-state index contributed by atoms with van der Waals surface area (Å²) in [6, 6.07) is 13.7. The summed E-state index contributed by atoms with van der Waals surface area (Å²) in [5.74, 6) is 0.746. The number of ether oxygens (including phenoxy) is 1. The van der Waals surface area contributed by atoms with Gasteiger partial charge in [-0.1, -0.05) is 30.3 Å². The summed E-state index contributed by atoms with van der Waals surface area (Å²) in [5.41, 5.74) is 1.06. The Morgan fingerprint density at radius 3 is 2.33 bits per heavy atom. The Morgan fingerprint density at radius 1 is 1.00 bits per heavy atom. The molecule has 1 unspecified atom stereocenters. The fourth-order valence-electron chi connectivity index (χ4n) is 3.49. The lowest BCUT2D eigenvalue weighted by molar-refractivity contribution is -0.136. The van der Waals surface area contributed by atoms with Crippen LogP contribution in [0.15, 0.2) is 53.1 Å². The minimum absolute atomic E-state index is 0.0236. The molecule has 1 aliphatic heterocycles. The molecule has 0 radical (unpaired) electrons. The number of amides is 2. The summed E-state index contributed by atoms with van der Waals surface area (Å²) >= 11 is 0. The summed E-state index contributed by atoms with van der Waals surface area (Å²) in [6.45, 7) is 2.50. The maximum atomic E-state index is 13.0. The van der Waals surface area contributed by atoms with E-state index in [9.17, 15) is 9.59 Å². The molecule has 0 aliphatic carbocycles. The van der Waals surface area contributed by atoms with Gasteiger partial charge in [-0.05, 0) is 24.1 Å². The quantitative estimate of drug-likeness (QED) is 0.784. The van der Waals surface area contributed by atoms with Crippen molar-refractivity contribution in [3.05, 3.63) is 60.1 Å². The molecule has 1 saturated heterocycles. The van der Waals surface area contributed by atoms with Crippen molar-refractivity contribution in [1.29, 1.82) is 0 Å². The molecule has 3 rings (SSSR count). The van der Waals surface area contributed by atoms with Crippen molar-refractivity contribution in [1.82, 2.24) is 9.80 Å². The van der Waals surface area contributed by atoms with Crippen LogP contribution >= 0.6 is 0 Å². The molecule has 6 heteroatoms. The highest BCUT2D eigenvalue weighted by Gasteiger charge is 2.26. The van der Waals surface area contributed by atoms with Gasteiger partial charge in [-0.2, -0.15) is 0 Å². The Morgan fingerprint density at radius 2 is 1.70 bits per heavy atom. The van der Waals surface area contributed by atoms with E-state index < -0.39 is 0 Å². The number of nitrogens with zero attached hydrogens (tertiary/aromatic N) is 2. The Labute approximate surface area is 159 Å². The third-order valence-electron chi connectivity index (χ3n) is 4.94. The number of hydrogen-bond donors (Lipinski definition) is 0. The molecule has 0 bridgehead atoms. The van der Waals surface area contributed by atoms with Crippen LogP contribution in [0, 0.1) is 0 Å². The van der Waals surface area contributed by atoms with Crippen molar-refractivity contribution in [2.24, 2.45) is 0 Å². The maximum Gasteiger partial charge on any atom is 0.248 e. The van der Waals surface area contributed by atoms with Crippen molar-refractivity contribution >= 4 is 11.8 Å². The van der Waals surface area contributed by atoms with Crippen LogP contribution in [-0.4, -0.2) is 61.5 Å². The second kappa shape index (κ2) is 9.37. The van der Waals surface area contributed by atoms with Crippen molar-refractivity contribution in [3.63, 3.8) is 0 Å². The molecule has 2 heterocycles. The molecule has 144 valence electrons. The number of furan rings is 1. The Hall–Kier alpha value is -2.60. The molecule has 1 aliphatic rings. The summed E-state index contributed by atoms with van der Waals surface area (Å²) in [6.07, 6.45) is 2.77. The predicted molar refractivity (Wildman–Crippen MR) is 101 cm³/mol. The van der Waals surface area contributed by atoms with Gasteiger partial charge in [-0.25, -0.2) is 0 Å². The largest absolute Gasteiger partial charge is 0.469 e. The molecule has 1 fully saturated rings. The molecule has 1 aromatic carbocycles. The first-order chi connectivity index (χ1) is 13.2. The second-order valence-corrected chi connectivity index (χ2v) is 6.73. The SMILES string of the molecule is COCC(=O)N1CCCN(C(=O)CC(c2ccccc2)c2ccco2)CC1. The van der Waals surface area contributed by atoms with Gasteiger partial charge < -0.3 is 19.0 Å². The van der Waals surface area contributed by atoms with E-state index in [4.69, 9.17) is 9.15 Å². The van der Waals surface area contributed by atoms with Crippen LogP contribution in [0.3, 0.4) is 0 Å². The van der Waals surface area contributed by atoms with Crippen LogP contribution in [0.25, 0.3) is 0 Å². The van der Waals surface area contributed by atoms with Gasteiger partial charge in [-0.15, -0.1) is 0 Å². The highest BCUT2D eigenvalue weighted by molar-refractivity contribution is 5.79. The molecule has 2 amide bonds. The van der Waals surface area contributed by atoms with Gasteiger partial charge in [0.05, 0.1) is 12.2 Å². The van der Waals surface area contributed by atoms with Gasteiger partial charge in [-0.3, -0.25) is 9.59 Å². The fourth-order valence-corrected chi connectivity index (χ4v) is 3.49. The molecule has 1 aromatic heterocycles. The molecule has 0 N–H and O–H groups in total. The first-order valence-electron chi connectivity index (χ1n) is 9.32. The monoisotopic (exact) mass is 370 g/mol. The number of carbonyl (C=O) groups is 2. The summed E-state index contributed by atoms with van der Waals surface area (Å²) in [4.78, 5) is 28.7. The lowest BCUT2D eigenvalue weighted by Gasteiger charge is -2.24. The van der Waals surface area contributed by atoms with E-state index in [0.29, 0.717) is 32.6 Å². The highest BCUT2D eigenvalue weighted by Crippen LogP contribution is 2.29. The first-order valence-corrected chi connectivity index (χ1v) is 9.32. The number of methoxy groups -OCH3 is 1. The lowest BCUT2D eigenvalue weighted by atomic mass is 9.92. The molecule has 2 aromatic rings. The third kappa shape index (κ3) is 4.98. The second-order valence-electron chi connectivity index (χ2n) is 6.73. The van der Waals surface area contributed by atoms with Crippen LogP contribution in [0.4, 0.5) is 0 Å². The van der Waals surface area contributed by atoms with Gasteiger partial charge in [0.25, 0.3) is 0 Å². The molecular formula is C21H26N2O4. The number of hydrogen-bond acceptors (Lipinski definition) is 4. The molecule has 0 saturated carbocycles. The zero-order valence-corrected chi connectivity index (χ0v) is 15.7. The van der Waals surface area contributed by atoms with E-state index in [1.165, 1.54) is 7.11 Å². The van der Waals surface area contributed by atoms with Gasteiger partial charge in [0.15, 0.2) is 0 Å². The van der Waals surface area contributed by atoms with E-state index in [2.05, 4.69) is 0 Å². The molecule has 0 spiro atoms. The summed E-state index contributed by atoms with van der Waals surface area (Å²) in [5, 5.41) is 0. The summed E-state index contributed by atoms with van der Waals surface area (Å²) < 4.78 is 10.5. The molecular weight excluding hydrogens is 344 g/mol. The highest BCUT2D eigenvalue weighted by atomic mass is 16.5. The normalized spacial score (nSPS) is 16.0. The van der Waals surface area contributed by atoms with Gasteiger partial charge >= 0.3 is 0 Å². The minimum atomic E-state index is -0.108. The average molecular weight is 370 g/mol. The Bertz CT molecular complexity index is 730. The van der Waals surface area contributed by atoms with Crippen molar-refractivity contribution < 1.29 is 18.7 Å². The smallest absolute Gasteiger partial charge is 0.248 e. The van der Waals surface area contributed by atoms with Gasteiger partial charge in [0.2, 0.25) is 11.8 Å². The third-order valence-corrected chi connectivity index (χ3v) is 4.94. The van der Waals surface area contributed by atoms with Crippen LogP contribution in [0.1, 0.15) is 30.1 Å². The number of benzene rings is 1. The molecule has 6 nitrogen and oxygen atoms in total. The van der Waals surface area contributed by atoms with Gasteiger partial charge in [0.1, 0.15) is 12.4 Å². The van der Waals surface area contributed by atoms with Crippen molar-refractivity contribution in [3.8, 4) is 0 Å². The average Bonchev–Trinajstić information content (AvgIpc) is 3.10. The van der Waals surface area contributed by atoms with Crippen molar-refractivity contribution in [2.75, 3.05) is 39.9 Å². The molecule has 27 heavy (non-hydrogen) atoms. The van der Waals surface area contributed by atoms with Gasteiger partial charge in [0, 0.05) is 39.7 Å². The van der Waals surface area contributed by atoms with Crippen molar-refractivity contribution in [2.45, 2.75) is 18.8 Å². The number of rotatable bonds is 6. The standard InChI is InChI=1S/C21H26N2O4/c1-26-16-21(25)23-11-6-10-22(12-13-23)20(24)15-18(19-9-5-14-27-19)17-7-3-2-4-8-17/h2-5,7-9,14,18H,6,10-13,15-16H2,1H3. The van der Waals surface area contributed by atoms with Crippen LogP contribution in [-0.2, 0) is 14.3 Å². The first kappa shape index (κ1) is 19.2. The van der Waals surface area contributed by atoms with Crippen LogP contribution in [0.5, 0.6) is 0 Å². The predicted octanol–water partition coefficient (Wildman–Crippen LogP) is 2.51. The number of carbonyl (C=O) groups excluding carboxylic acids is 2. The van der Waals surface area contributed by atoms with Crippen LogP contribution in [0.2, 0.25) is 0 Å². The van der Waals surface area contributed by atoms with E-state index in [-0.39, 0.29) is 24.3 Å². The minimum Gasteiger partial charge on any atom is -0.469 e. The zero-order chi connectivity index (χ0) is 19.1. The van der Waals surface area contributed by atoms with E-state index in [1.807, 2.05) is 47.4 Å². The van der Waals surface area contributed by atoms with Crippen LogP contribution < -0.4 is 0 Å².